The van der Waals surface area contributed by atoms with E-state index < -0.39 is 22.4 Å². The number of hydrogen-bond donors (Lipinski definition) is 0. The van der Waals surface area contributed by atoms with Crippen LogP contribution in [0.2, 0.25) is 0 Å². The summed E-state index contributed by atoms with van der Waals surface area (Å²) in [6, 6.07) is 8.92. The molecule has 0 unspecified atom stereocenters. The minimum absolute atomic E-state index is 0.109. The van der Waals surface area contributed by atoms with Gasteiger partial charge < -0.3 is 4.74 Å². The summed E-state index contributed by atoms with van der Waals surface area (Å²) in [5.41, 5.74) is -0.0724. The van der Waals surface area contributed by atoms with Gasteiger partial charge in [0.15, 0.2) is 0 Å². The molecule has 2 aromatic rings. The lowest BCUT2D eigenvalue weighted by atomic mass is 10.1. The van der Waals surface area contributed by atoms with Crippen molar-refractivity contribution >= 4 is 39.1 Å². The highest BCUT2D eigenvalue weighted by Gasteiger charge is 2.41. The van der Waals surface area contributed by atoms with E-state index in [2.05, 4.69) is 15.9 Å². The van der Waals surface area contributed by atoms with Crippen molar-refractivity contribution in [3.63, 3.8) is 0 Å². The number of fused-ring (bicyclic) bond motifs is 1. The van der Waals surface area contributed by atoms with Crippen molar-refractivity contribution in [1.82, 2.24) is 0 Å². The fourth-order valence-electron chi connectivity index (χ4n) is 2.43. The largest absolute Gasteiger partial charge is 0.496 e. The number of ether oxygens (including phenoxy) is 1. The fraction of sp³-hybridized carbons (Fsp3) is 0.0667. The number of benzene rings is 2. The summed E-state index contributed by atoms with van der Waals surface area (Å²) < 4.78 is 5.22. The number of amides is 2. The molecule has 1 aliphatic heterocycles. The summed E-state index contributed by atoms with van der Waals surface area (Å²) in [6.45, 7) is 0. The number of nitro groups is 1. The molecule has 0 saturated carbocycles. The van der Waals surface area contributed by atoms with Gasteiger partial charge in [-0.1, -0.05) is 12.1 Å². The van der Waals surface area contributed by atoms with Crippen molar-refractivity contribution in [2.75, 3.05) is 12.0 Å². The summed E-state index contributed by atoms with van der Waals surface area (Å²) in [7, 11) is 1.37. The molecule has 0 spiro atoms. The molecule has 8 heteroatoms. The molecule has 0 N–H and O–H groups in total. The Bertz CT molecular complexity index is 830. The molecule has 7 nitrogen and oxygen atoms in total. The fourth-order valence-corrected chi connectivity index (χ4v) is 3.04. The minimum Gasteiger partial charge on any atom is -0.496 e. The smallest absolute Gasteiger partial charge is 0.298 e. The van der Waals surface area contributed by atoms with Crippen LogP contribution in [-0.4, -0.2) is 23.8 Å². The van der Waals surface area contributed by atoms with Crippen LogP contribution in [0.15, 0.2) is 40.9 Å². The summed E-state index contributed by atoms with van der Waals surface area (Å²) in [6.07, 6.45) is 0. The van der Waals surface area contributed by atoms with Gasteiger partial charge in [0.2, 0.25) is 0 Å². The first kappa shape index (κ1) is 15.2. The number of methoxy groups -OCH3 is 1. The predicted molar refractivity (Wildman–Crippen MR) is 84.9 cm³/mol. The summed E-state index contributed by atoms with van der Waals surface area (Å²) in [5.74, 6) is -0.955. The molecule has 0 aromatic heterocycles. The average Bonchev–Trinajstić information content (AvgIpc) is 2.79. The van der Waals surface area contributed by atoms with Crippen molar-refractivity contribution in [3.8, 4) is 5.75 Å². The lowest BCUT2D eigenvalue weighted by Gasteiger charge is -2.16. The minimum atomic E-state index is -0.661. The molecule has 0 saturated heterocycles. The van der Waals surface area contributed by atoms with Gasteiger partial charge >= 0.3 is 0 Å². The summed E-state index contributed by atoms with van der Waals surface area (Å²) in [5, 5.41) is 11.4. The number of hydrogen-bond acceptors (Lipinski definition) is 5. The van der Waals surface area contributed by atoms with Crippen LogP contribution >= 0.6 is 15.9 Å². The van der Waals surface area contributed by atoms with Gasteiger partial charge in [-0.3, -0.25) is 19.7 Å². The molecule has 3 rings (SSSR count). The Labute approximate surface area is 138 Å². The Hall–Kier alpha value is -2.74. The Kier molecular flexibility index (Phi) is 3.61. The van der Waals surface area contributed by atoms with E-state index in [1.807, 2.05) is 0 Å². The SMILES string of the molecule is COc1cc(Br)c(N2C(=O)c3ccccc3C2=O)c([N+](=O)[O-])c1. The molecule has 116 valence electrons. The predicted octanol–water partition coefficient (Wildman–Crippen LogP) is 3.17. The van der Waals surface area contributed by atoms with E-state index in [0.717, 1.165) is 4.90 Å². The van der Waals surface area contributed by atoms with Gasteiger partial charge in [-0.05, 0) is 34.1 Å². The van der Waals surface area contributed by atoms with Crippen LogP contribution in [0.25, 0.3) is 0 Å². The highest BCUT2D eigenvalue weighted by atomic mass is 79.9. The van der Waals surface area contributed by atoms with Gasteiger partial charge in [0.1, 0.15) is 11.4 Å². The zero-order valence-corrected chi connectivity index (χ0v) is 13.4. The van der Waals surface area contributed by atoms with Crippen LogP contribution in [-0.2, 0) is 0 Å². The molecule has 2 amide bonds. The molecule has 2 aromatic carbocycles. The first-order valence-electron chi connectivity index (χ1n) is 6.45. The number of carbonyl (C=O) groups is 2. The molecule has 0 atom stereocenters. The molecule has 23 heavy (non-hydrogen) atoms. The Morgan fingerprint density at radius 2 is 1.70 bits per heavy atom. The van der Waals surface area contributed by atoms with Crippen LogP contribution in [0, 0.1) is 10.1 Å². The van der Waals surface area contributed by atoms with Gasteiger partial charge in [-0.2, -0.15) is 0 Å². The quantitative estimate of drug-likeness (QED) is 0.466. The maximum Gasteiger partial charge on any atom is 0.298 e. The van der Waals surface area contributed by atoms with Gasteiger partial charge in [0, 0.05) is 0 Å². The van der Waals surface area contributed by atoms with Crippen LogP contribution in [0.1, 0.15) is 20.7 Å². The van der Waals surface area contributed by atoms with Crippen LogP contribution in [0.3, 0.4) is 0 Å². The van der Waals surface area contributed by atoms with Crippen LogP contribution < -0.4 is 9.64 Å². The number of nitro benzene ring substituents is 1. The second-order valence-corrected chi connectivity index (χ2v) is 5.58. The van der Waals surface area contributed by atoms with Crippen LogP contribution in [0.4, 0.5) is 11.4 Å². The number of imide groups is 1. The highest BCUT2D eigenvalue weighted by molar-refractivity contribution is 9.10. The van der Waals surface area contributed by atoms with E-state index in [1.54, 1.807) is 12.1 Å². The van der Waals surface area contributed by atoms with Gasteiger partial charge in [-0.25, -0.2) is 4.90 Å². The summed E-state index contributed by atoms with van der Waals surface area (Å²) in [4.78, 5) is 36.6. The Morgan fingerprint density at radius 1 is 1.13 bits per heavy atom. The first-order chi connectivity index (χ1) is 11.0. The van der Waals surface area contributed by atoms with E-state index in [0.29, 0.717) is 0 Å². The second-order valence-electron chi connectivity index (χ2n) is 4.73. The monoisotopic (exact) mass is 376 g/mol. The third-order valence-electron chi connectivity index (χ3n) is 3.47. The average molecular weight is 377 g/mol. The van der Waals surface area contributed by atoms with Crippen molar-refractivity contribution in [2.45, 2.75) is 0 Å². The molecule has 0 aliphatic carbocycles. The van der Waals surface area contributed by atoms with Gasteiger partial charge in [0.05, 0.1) is 33.7 Å². The molecule has 1 aliphatic rings. The number of nitrogens with zero attached hydrogens (tertiary/aromatic N) is 2. The lowest BCUT2D eigenvalue weighted by Crippen LogP contribution is -2.30. The number of anilines is 1. The molecule has 0 fully saturated rings. The standard InChI is InChI=1S/C15H9BrN2O5/c1-23-8-6-11(16)13(12(7-8)18(21)22)17-14(19)9-4-2-3-5-10(9)15(17)20/h2-7H,1H3. The summed E-state index contributed by atoms with van der Waals surface area (Å²) >= 11 is 3.19. The maximum atomic E-state index is 12.5. The maximum absolute atomic E-state index is 12.5. The van der Waals surface area contributed by atoms with Crippen molar-refractivity contribution in [1.29, 1.82) is 0 Å². The highest BCUT2D eigenvalue weighted by Crippen LogP contribution is 2.42. The zero-order chi connectivity index (χ0) is 16.7. The van der Waals surface area contributed by atoms with E-state index in [9.17, 15) is 19.7 Å². The molecular formula is C15H9BrN2O5. The first-order valence-corrected chi connectivity index (χ1v) is 7.24. The normalized spacial score (nSPS) is 13.2. The van der Waals surface area contributed by atoms with Crippen molar-refractivity contribution < 1.29 is 19.2 Å². The van der Waals surface area contributed by atoms with Gasteiger partial charge in [0.25, 0.3) is 17.5 Å². The zero-order valence-electron chi connectivity index (χ0n) is 11.8. The van der Waals surface area contributed by atoms with E-state index in [-0.39, 0.29) is 27.0 Å². The Balaban J connectivity index is 2.23. The van der Waals surface area contributed by atoms with Crippen molar-refractivity contribution in [3.05, 3.63) is 62.1 Å². The van der Waals surface area contributed by atoms with E-state index >= 15 is 0 Å². The lowest BCUT2D eigenvalue weighted by molar-refractivity contribution is -0.384. The second kappa shape index (κ2) is 5.47. The number of halogens is 1. The third kappa shape index (κ3) is 2.27. The number of carbonyl (C=O) groups excluding carboxylic acids is 2. The van der Waals surface area contributed by atoms with Crippen LogP contribution in [0.5, 0.6) is 5.75 Å². The molecule has 0 bridgehead atoms. The van der Waals surface area contributed by atoms with Crippen molar-refractivity contribution in [2.24, 2.45) is 0 Å². The Morgan fingerprint density at radius 3 is 2.17 bits per heavy atom. The third-order valence-corrected chi connectivity index (χ3v) is 4.07. The molecule has 0 radical (unpaired) electrons. The molecular weight excluding hydrogens is 368 g/mol. The van der Waals surface area contributed by atoms with E-state index in [4.69, 9.17) is 4.74 Å². The number of rotatable bonds is 3. The van der Waals surface area contributed by atoms with Gasteiger partial charge in [-0.15, -0.1) is 0 Å². The topological polar surface area (TPSA) is 89.8 Å². The molecule has 1 heterocycles. The van der Waals surface area contributed by atoms with E-state index in [1.165, 1.54) is 31.4 Å².